The first kappa shape index (κ1) is 18.0. The number of alkyl halides is 3. The second kappa shape index (κ2) is 7.07. The molecule has 0 aliphatic carbocycles. The van der Waals surface area contributed by atoms with Gasteiger partial charge in [-0.25, -0.2) is 0 Å². The molecule has 1 aromatic carbocycles. The van der Waals surface area contributed by atoms with Crippen LogP contribution in [-0.2, 0) is 19.6 Å². The molecule has 0 aliphatic heterocycles. The second-order valence-electron chi connectivity index (χ2n) is 5.94. The Hall–Kier alpha value is -2.31. The second-order valence-corrected chi connectivity index (χ2v) is 5.94. The number of aryl methyl sites for hydroxylation is 1. The van der Waals surface area contributed by atoms with Crippen LogP contribution in [0.15, 0.2) is 30.3 Å². The molecule has 0 aliphatic rings. The number of benzene rings is 1. The molecule has 0 radical (unpaired) electrons. The van der Waals surface area contributed by atoms with Crippen LogP contribution >= 0.6 is 0 Å². The molecule has 2 rings (SSSR count). The van der Waals surface area contributed by atoms with Crippen molar-refractivity contribution in [3.63, 3.8) is 0 Å². The topological polar surface area (TPSA) is 46.9 Å². The molecule has 7 heteroatoms. The van der Waals surface area contributed by atoms with Gasteiger partial charge in [0.25, 0.3) is 5.91 Å². The van der Waals surface area contributed by atoms with Gasteiger partial charge < -0.3 is 5.32 Å². The monoisotopic (exact) mass is 339 g/mol. The number of hydrogen-bond acceptors (Lipinski definition) is 2. The van der Waals surface area contributed by atoms with E-state index in [-0.39, 0.29) is 18.4 Å². The zero-order chi connectivity index (χ0) is 17.9. The number of hydrogen-bond donors (Lipinski definition) is 1. The van der Waals surface area contributed by atoms with Crippen LogP contribution in [0.3, 0.4) is 0 Å². The molecule has 0 saturated carbocycles. The number of rotatable bonds is 5. The summed E-state index contributed by atoms with van der Waals surface area (Å²) < 4.78 is 39.5. The number of nitrogens with zero attached hydrogens (tertiary/aromatic N) is 2. The molecule has 0 atom stereocenters. The van der Waals surface area contributed by atoms with E-state index in [0.29, 0.717) is 17.7 Å². The maximum atomic E-state index is 12.7. The summed E-state index contributed by atoms with van der Waals surface area (Å²) in [4.78, 5) is 12.2. The normalized spacial score (nSPS) is 11.8. The maximum absolute atomic E-state index is 12.7. The van der Waals surface area contributed by atoms with Crippen LogP contribution in [0.2, 0.25) is 0 Å². The van der Waals surface area contributed by atoms with Crippen LogP contribution in [0.4, 0.5) is 13.2 Å². The van der Waals surface area contributed by atoms with E-state index in [1.807, 2.05) is 13.8 Å². The number of carbonyl (C=O) groups excluding carboxylic acids is 1. The van der Waals surface area contributed by atoms with Crippen molar-refractivity contribution in [1.29, 1.82) is 0 Å². The molecule has 0 bridgehead atoms. The van der Waals surface area contributed by atoms with E-state index in [2.05, 4.69) is 10.4 Å². The van der Waals surface area contributed by atoms with Crippen molar-refractivity contribution in [3.8, 4) is 0 Å². The fourth-order valence-corrected chi connectivity index (χ4v) is 2.30. The predicted octanol–water partition coefficient (Wildman–Crippen LogP) is 3.53. The third-order valence-electron chi connectivity index (χ3n) is 3.68. The summed E-state index contributed by atoms with van der Waals surface area (Å²) in [5, 5.41) is 6.98. The van der Waals surface area contributed by atoms with E-state index in [9.17, 15) is 18.0 Å². The van der Waals surface area contributed by atoms with Gasteiger partial charge in [-0.3, -0.25) is 9.48 Å². The first-order chi connectivity index (χ1) is 11.2. The predicted molar refractivity (Wildman–Crippen MR) is 84.8 cm³/mol. The van der Waals surface area contributed by atoms with Crippen LogP contribution in [0.1, 0.15) is 47.1 Å². The van der Waals surface area contributed by atoms with Gasteiger partial charge in [-0.05, 0) is 30.0 Å². The van der Waals surface area contributed by atoms with Crippen LogP contribution in [0, 0.1) is 0 Å². The summed E-state index contributed by atoms with van der Waals surface area (Å²) in [7, 11) is 1.69. The highest BCUT2D eigenvalue weighted by Crippen LogP contribution is 2.29. The average Bonchev–Trinajstić information content (AvgIpc) is 2.89. The molecule has 0 unspecified atom stereocenters. The Morgan fingerprint density at radius 2 is 2.00 bits per heavy atom. The Morgan fingerprint density at radius 1 is 1.29 bits per heavy atom. The molecule has 0 saturated heterocycles. The highest BCUT2D eigenvalue weighted by molar-refractivity contribution is 5.92. The molecule has 0 spiro atoms. The van der Waals surface area contributed by atoms with E-state index in [0.717, 1.165) is 17.8 Å². The molecule has 130 valence electrons. The van der Waals surface area contributed by atoms with E-state index in [1.165, 1.54) is 10.7 Å². The van der Waals surface area contributed by atoms with Gasteiger partial charge in [0.05, 0.1) is 11.3 Å². The highest BCUT2D eigenvalue weighted by Gasteiger charge is 2.30. The lowest BCUT2D eigenvalue weighted by Gasteiger charge is -2.09. The standard InChI is InChI=1S/C17H20F3N3O/c1-11(2)14-10-15(23(3)22-14)16(24)21-8-7-12-5-4-6-13(9-12)17(18,19)20/h4-6,9-11H,7-8H2,1-3H3,(H,21,24). The van der Waals surface area contributed by atoms with Gasteiger partial charge in [0.2, 0.25) is 0 Å². The molecule has 24 heavy (non-hydrogen) atoms. The lowest BCUT2D eigenvalue weighted by atomic mass is 10.1. The molecule has 1 N–H and O–H groups in total. The molecule has 1 aromatic heterocycles. The van der Waals surface area contributed by atoms with Gasteiger partial charge in [0.1, 0.15) is 5.69 Å². The van der Waals surface area contributed by atoms with Crippen molar-refractivity contribution in [2.24, 2.45) is 7.05 Å². The lowest BCUT2D eigenvalue weighted by Crippen LogP contribution is -2.27. The highest BCUT2D eigenvalue weighted by atomic mass is 19.4. The first-order valence-electron chi connectivity index (χ1n) is 7.66. The number of carbonyl (C=O) groups is 1. The molecular formula is C17H20F3N3O. The van der Waals surface area contributed by atoms with Crippen LogP contribution in [-0.4, -0.2) is 22.2 Å². The molecule has 2 aromatic rings. The zero-order valence-electron chi connectivity index (χ0n) is 13.8. The van der Waals surface area contributed by atoms with Gasteiger partial charge in [0, 0.05) is 13.6 Å². The summed E-state index contributed by atoms with van der Waals surface area (Å²) in [6.45, 7) is 4.22. The summed E-state index contributed by atoms with van der Waals surface area (Å²) in [6, 6.07) is 6.85. The van der Waals surface area contributed by atoms with E-state index < -0.39 is 11.7 Å². The Labute approximate surface area is 138 Å². The number of amides is 1. The molecule has 1 amide bonds. The van der Waals surface area contributed by atoms with E-state index in [4.69, 9.17) is 0 Å². The van der Waals surface area contributed by atoms with Crippen molar-refractivity contribution >= 4 is 5.91 Å². The van der Waals surface area contributed by atoms with Crippen molar-refractivity contribution < 1.29 is 18.0 Å². The largest absolute Gasteiger partial charge is 0.416 e. The Bertz CT molecular complexity index is 720. The molecule has 0 fully saturated rings. The zero-order valence-corrected chi connectivity index (χ0v) is 13.8. The summed E-state index contributed by atoms with van der Waals surface area (Å²) >= 11 is 0. The number of nitrogens with one attached hydrogen (secondary N) is 1. The van der Waals surface area contributed by atoms with Gasteiger partial charge in [-0.2, -0.15) is 18.3 Å². The number of halogens is 3. The average molecular weight is 339 g/mol. The first-order valence-corrected chi connectivity index (χ1v) is 7.66. The van der Waals surface area contributed by atoms with Crippen molar-refractivity contribution in [1.82, 2.24) is 15.1 Å². The van der Waals surface area contributed by atoms with Crippen LogP contribution in [0.5, 0.6) is 0 Å². The quantitative estimate of drug-likeness (QED) is 0.906. The summed E-state index contributed by atoms with van der Waals surface area (Å²) in [5.41, 5.74) is 1.10. The third-order valence-corrected chi connectivity index (χ3v) is 3.68. The minimum atomic E-state index is -4.36. The van der Waals surface area contributed by atoms with Gasteiger partial charge in [-0.1, -0.05) is 32.0 Å². The van der Waals surface area contributed by atoms with E-state index >= 15 is 0 Å². The van der Waals surface area contributed by atoms with E-state index in [1.54, 1.807) is 19.2 Å². The van der Waals surface area contributed by atoms with Crippen molar-refractivity contribution in [3.05, 3.63) is 52.8 Å². The molecule has 4 nitrogen and oxygen atoms in total. The fourth-order valence-electron chi connectivity index (χ4n) is 2.30. The Balaban J connectivity index is 1.96. The van der Waals surface area contributed by atoms with Crippen molar-refractivity contribution in [2.45, 2.75) is 32.4 Å². The minimum Gasteiger partial charge on any atom is -0.350 e. The SMILES string of the molecule is CC(C)c1cc(C(=O)NCCc2cccc(C(F)(F)F)c2)n(C)n1. The van der Waals surface area contributed by atoms with Gasteiger partial charge in [0.15, 0.2) is 0 Å². The molecular weight excluding hydrogens is 319 g/mol. The lowest BCUT2D eigenvalue weighted by molar-refractivity contribution is -0.137. The van der Waals surface area contributed by atoms with Crippen LogP contribution < -0.4 is 5.32 Å². The number of aromatic nitrogens is 2. The maximum Gasteiger partial charge on any atom is 0.416 e. The summed E-state index contributed by atoms with van der Waals surface area (Å²) in [6.07, 6.45) is -4.04. The smallest absolute Gasteiger partial charge is 0.350 e. The fraction of sp³-hybridized carbons (Fsp3) is 0.412. The Kier molecular flexibility index (Phi) is 5.31. The van der Waals surface area contributed by atoms with Crippen molar-refractivity contribution in [2.75, 3.05) is 6.54 Å². The van der Waals surface area contributed by atoms with Crippen LogP contribution in [0.25, 0.3) is 0 Å². The minimum absolute atomic E-state index is 0.211. The van der Waals surface area contributed by atoms with Gasteiger partial charge >= 0.3 is 6.18 Å². The summed E-state index contributed by atoms with van der Waals surface area (Å²) in [5.74, 6) is -0.0771. The Morgan fingerprint density at radius 3 is 2.58 bits per heavy atom. The van der Waals surface area contributed by atoms with Gasteiger partial charge in [-0.15, -0.1) is 0 Å². The molecule has 1 heterocycles. The third kappa shape index (κ3) is 4.37.